The summed E-state index contributed by atoms with van der Waals surface area (Å²) in [4.78, 5) is 8.10. The first-order valence-corrected chi connectivity index (χ1v) is 7.37. The van der Waals surface area contributed by atoms with Crippen LogP contribution >= 0.6 is 11.6 Å². The summed E-state index contributed by atoms with van der Waals surface area (Å²) < 4.78 is 1.59. The Morgan fingerprint density at radius 2 is 2.05 bits per heavy atom. The van der Waals surface area contributed by atoms with Crippen molar-refractivity contribution in [3.63, 3.8) is 0 Å². The fraction of sp³-hybridized carbons (Fsp3) is 0.615. The molecule has 0 radical (unpaired) electrons. The van der Waals surface area contributed by atoms with Crippen LogP contribution in [-0.2, 0) is 0 Å². The smallest absolute Gasteiger partial charge is 0.255 e. The van der Waals surface area contributed by atoms with Crippen molar-refractivity contribution in [3.05, 3.63) is 17.5 Å². The number of aliphatic hydroxyl groups is 1. The lowest BCUT2D eigenvalue weighted by Gasteiger charge is -2.27. The summed E-state index contributed by atoms with van der Waals surface area (Å²) in [5, 5.41) is 18.4. The Kier molecular flexibility index (Phi) is 3.76. The molecule has 1 aliphatic carbocycles. The van der Waals surface area contributed by atoms with E-state index in [4.69, 9.17) is 11.6 Å². The fourth-order valence-electron chi connectivity index (χ4n) is 2.73. The van der Waals surface area contributed by atoms with Crippen LogP contribution in [0.1, 0.15) is 38.5 Å². The van der Waals surface area contributed by atoms with Gasteiger partial charge in [-0.2, -0.15) is 19.6 Å². The van der Waals surface area contributed by atoms with Gasteiger partial charge in [0.2, 0.25) is 0 Å². The minimum atomic E-state index is -0.654. The molecule has 0 aromatic carbocycles. The second kappa shape index (κ2) is 5.54. The van der Waals surface area contributed by atoms with Gasteiger partial charge in [0.25, 0.3) is 5.78 Å². The Labute approximate surface area is 122 Å². The first-order chi connectivity index (χ1) is 9.66. The molecule has 1 aliphatic rings. The Hall–Kier alpha value is -1.40. The summed E-state index contributed by atoms with van der Waals surface area (Å²) in [7, 11) is 0. The molecule has 0 atom stereocenters. The fourth-order valence-corrected chi connectivity index (χ4v) is 2.91. The number of hydrogen-bond donors (Lipinski definition) is 2. The molecule has 6 nitrogen and oxygen atoms in total. The zero-order valence-corrected chi connectivity index (χ0v) is 12.0. The molecule has 20 heavy (non-hydrogen) atoms. The van der Waals surface area contributed by atoms with Gasteiger partial charge in [-0.05, 0) is 12.8 Å². The van der Waals surface area contributed by atoms with Crippen molar-refractivity contribution in [2.24, 2.45) is 0 Å². The zero-order valence-electron chi connectivity index (χ0n) is 11.2. The van der Waals surface area contributed by atoms with Gasteiger partial charge in [0.15, 0.2) is 0 Å². The van der Waals surface area contributed by atoms with E-state index in [2.05, 4.69) is 20.4 Å². The van der Waals surface area contributed by atoms with E-state index in [0.29, 0.717) is 23.3 Å². The van der Waals surface area contributed by atoms with Gasteiger partial charge in [-0.15, -0.1) is 0 Å². The number of aromatic nitrogens is 4. The van der Waals surface area contributed by atoms with Crippen molar-refractivity contribution in [2.75, 3.05) is 11.9 Å². The van der Waals surface area contributed by atoms with Crippen LogP contribution in [0.4, 0.5) is 5.82 Å². The number of halogens is 1. The molecule has 0 saturated heterocycles. The molecule has 108 valence electrons. The van der Waals surface area contributed by atoms with Crippen molar-refractivity contribution < 1.29 is 5.11 Å². The van der Waals surface area contributed by atoms with Crippen LogP contribution in [0.5, 0.6) is 0 Å². The minimum absolute atomic E-state index is 0.362. The Bertz CT molecular complexity index is 591. The van der Waals surface area contributed by atoms with Crippen LogP contribution in [0.15, 0.2) is 12.4 Å². The quantitative estimate of drug-likeness (QED) is 0.671. The molecular weight excluding hydrogens is 278 g/mol. The van der Waals surface area contributed by atoms with Crippen molar-refractivity contribution >= 4 is 23.2 Å². The van der Waals surface area contributed by atoms with Crippen molar-refractivity contribution in [1.82, 2.24) is 19.6 Å². The van der Waals surface area contributed by atoms with Gasteiger partial charge < -0.3 is 10.4 Å². The number of nitrogens with one attached hydrogen (secondary N) is 1. The molecule has 0 bridgehead atoms. The van der Waals surface area contributed by atoms with Gasteiger partial charge >= 0.3 is 0 Å². The maximum atomic E-state index is 10.6. The molecule has 0 spiro atoms. The first kappa shape index (κ1) is 13.6. The second-order valence-electron chi connectivity index (χ2n) is 5.43. The van der Waals surface area contributed by atoms with Crippen LogP contribution < -0.4 is 5.32 Å². The lowest BCUT2D eigenvalue weighted by atomic mass is 9.94. The maximum absolute atomic E-state index is 10.6. The third kappa shape index (κ3) is 2.86. The first-order valence-electron chi connectivity index (χ1n) is 6.99. The molecule has 1 fully saturated rings. The normalized spacial score (nSPS) is 18.9. The zero-order chi connectivity index (χ0) is 14.0. The van der Waals surface area contributed by atoms with Crippen LogP contribution in [0, 0.1) is 0 Å². The molecule has 2 aromatic rings. The predicted molar refractivity (Wildman–Crippen MR) is 76.9 cm³/mol. The van der Waals surface area contributed by atoms with E-state index in [1.807, 2.05) is 0 Å². The monoisotopic (exact) mass is 295 g/mol. The van der Waals surface area contributed by atoms with Gasteiger partial charge in [0.1, 0.15) is 17.3 Å². The highest BCUT2D eigenvalue weighted by molar-refractivity contribution is 6.29. The molecular formula is C13H18ClN5O. The van der Waals surface area contributed by atoms with Gasteiger partial charge in [-0.25, -0.2) is 0 Å². The third-order valence-electron chi connectivity index (χ3n) is 3.85. The van der Waals surface area contributed by atoms with Gasteiger partial charge in [0.05, 0.1) is 5.60 Å². The summed E-state index contributed by atoms with van der Waals surface area (Å²) in [5.74, 6) is 1.16. The predicted octanol–water partition coefficient (Wildman–Crippen LogP) is 2.27. The third-order valence-corrected chi connectivity index (χ3v) is 4.05. The van der Waals surface area contributed by atoms with E-state index in [-0.39, 0.29) is 0 Å². The number of nitrogens with zero attached hydrogens (tertiary/aromatic N) is 4. The van der Waals surface area contributed by atoms with E-state index in [1.165, 1.54) is 19.2 Å². The van der Waals surface area contributed by atoms with E-state index >= 15 is 0 Å². The molecule has 2 N–H and O–H groups in total. The largest absolute Gasteiger partial charge is 0.388 e. The maximum Gasteiger partial charge on any atom is 0.255 e. The Balaban J connectivity index is 1.77. The molecule has 0 aliphatic heterocycles. The lowest BCUT2D eigenvalue weighted by Crippen LogP contribution is -2.36. The summed E-state index contributed by atoms with van der Waals surface area (Å²) in [6.45, 7) is 0.488. The van der Waals surface area contributed by atoms with Gasteiger partial charge in [-0.1, -0.05) is 37.3 Å². The molecule has 2 aromatic heterocycles. The van der Waals surface area contributed by atoms with Crippen LogP contribution in [0.25, 0.3) is 5.78 Å². The highest BCUT2D eigenvalue weighted by Gasteiger charge is 2.28. The lowest BCUT2D eigenvalue weighted by molar-refractivity contribution is 0.0380. The number of hydrogen-bond acceptors (Lipinski definition) is 5. The highest BCUT2D eigenvalue weighted by Crippen LogP contribution is 2.27. The molecule has 3 rings (SSSR count). The minimum Gasteiger partial charge on any atom is -0.388 e. The van der Waals surface area contributed by atoms with Crippen LogP contribution in [-0.4, -0.2) is 36.8 Å². The van der Waals surface area contributed by atoms with E-state index < -0.39 is 5.60 Å². The highest BCUT2D eigenvalue weighted by atomic mass is 35.5. The second-order valence-corrected chi connectivity index (χ2v) is 5.82. The molecule has 1 saturated carbocycles. The summed E-state index contributed by atoms with van der Waals surface area (Å²) in [6.07, 6.45) is 7.66. The molecule has 0 unspecified atom stereocenters. The average Bonchev–Trinajstić information content (AvgIpc) is 2.78. The van der Waals surface area contributed by atoms with Crippen molar-refractivity contribution in [2.45, 2.75) is 44.1 Å². The standard InChI is InChI=1S/C13H18ClN5O/c14-10-7-11(19-12(18-10)16-9-17-19)15-8-13(20)5-3-1-2-4-6-13/h7,9,15,20H,1-6,8H2. The van der Waals surface area contributed by atoms with Gasteiger partial charge in [0, 0.05) is 12.6 Å². The van der Waals surface area contributed by atoms with E-state index in [0.717, 1.165) is 25.7 Å². The number of fused-ring (bicyclic) bond motifs is 1. The topological polar surface area (TPSA) is 75.3 Å². The number of rotatable bonds is 3. The van der Waals surface area contributed by atoms with E-state index in [1.54, 1.807) is 10.6 Å². The summed E-state index contributed by atoms with van der Waals surface area (Å²) in [6, 6.07) is 1.70. The van der Waals surface area contributed by atoms with Crippen LogP contribution in [0.3, 0.4) is 0 Å². The summed E-state index contributed by atoms with van der Waals surface area (Å²) in [5.41, 5.74) is -0.654. The van der Waals surface area contributed by atoms with Gasteiger partial charge in [-0.3, -0.25) is 0 Å². The van der Waals surface area contributed by atoms with E-state index in [9.17, 15) is 5.11 Å². The summed E-state index contributed by atoms with van der Waals surface area (Å²) >= 11 is 5.97. The number of anilines is 1. The SMILES string of the molecule is OC1(CNc2cc(Cl)nc3ncnn23)CCCCCC1. The Morgan fingerprint density at radius 3 is 2.80 bits per heavy atom. The molecule has 0 amide bonds. The van der Waals surface area contributed by atoms with Crippen LogP contribution in [0.2, 0.25) is 5.15 Å². The van der Waals surface area contributed by atoms with Crippen molar-refractivity contribution in [3.8, 4) is 0 Å². The molecule has 2 heterocycles. The molecule has 7 heteroatoms. The Morgan fingerprint density at radius 1 is 1.30 bits per heavy atom. The average molecular weight is 296 g/mol. The van der Waals surface area contributed by atoms with Crippen molar-refractivity contribution in [1.29, 1.82) is 0 Å².